The van der Waals surface area contributed by atoms with Crippen LogP contribution in [0.25, 0.3) is 5.69 Å². The van der Waals surface area contributed by atoms with Crippen LogP contribution in [0.4, 0.5) is 16.2 Å². The lowest BCUT2D eigenvalue weighted by atomic mass is 10.1. The molecule has 120 valence electrons. The highest BCUT2D eigenvalue weighted by Gasteiger charge is 2.24. The standard InChI is InChI=1S/C19H18N4O/c1-14-5-6-18-15(11-14)7-9-23(18)19(24)21-16-3-2-4-17(12-16)22-10-8-20-13-22/h2-6,8,10-13H,7,9H2,1H3,(H,21,24). The van der Waals surface area contributed by atoms with Crippen molar-refractivity contribution in [2.75, 3.05) is 16.8 Å². The molecule has 0 fully saturated rings. The van der Waals surface area contributed by atoms with Crippen LogP contribution in [0.15, 0.2) is 61.2 Å². The van der Waals surface area contributed by atoms with Crippen molar-refractivity contribution in [2.24, 2.45) is 0 Å². The van der Waals surface area contributed by atoms with Crippen LogP contribution < -0.4 is 10.2 Å². The van der Waals surface area contributed by atoms with Crippen molar-refractivity contribution >= 4 is 17.4 Å². The molecule has 24 heavy (non-hydrogen) atoms. The first kappa shape index (κ1) is 14.5. The Bertz CT molecular complexity index is 886. The average molecular weight is 318 g/mol. The third kappa shape index (κ3) is 2.65. The second-order valence-electron chi connectivity index (χ2n) is 5.98. The Morgan fingerprint density at radius 3 is 2.96 bits per heavy atom. The van der Waals surface area contributed by atoms with Gasteiger partial charge in [0.05, 0.1) is 6.33 Å². The number of aromatic nitrogens is 2. The van der Waals surface area contributed by atoms with E-state index in [1.54, 1.807) is 17.4 Å². The fourth-order valence-electron chi connectivity index (χ4n) is 3.09. The van der Waals surface area contributed by atoms with Crippen LogP contribution in [0.2, 0.25) is 0 Å². The number of hydrogen-bond acceptors (Lipinski definition) is 2. The van der Waals surface area contributed by atoms with E-state index in [4.69, 9.17) is 0 Å². The monoisotopic (exact) mass is 318 g/mol. The fourth-order valence-corrected chi connectivity index (χ4v) is 3.09. The van der Waals surface area contributed by atoms with Crippen LogP contribution in [-0.2, 0) is 6.42 Å². The van der Waals surface area contributed by atoms with E-state index in [0.717, 1.165) is 23.5 Å². The number of carbonyl (C=O) groups excluding carboxylic acids is 1. The van der Waals surface area contributed by atoms with Crippen molar-refractivity contribution in [3.8, 4) is 5.69 Å². The number of amides is 2. The second kappa shape index (κ2) is 5.85. The van der Waals surface area contributed by atoms with Gasteiger partial charge < -0.3 is 9.88 Å². The summed E-state index contributed by atoms with van der Waals surface area (Å²) < 4.78 is 1.91. The number of nitrogens with one attached hydrogen (secondary N) is 1. The molecule has 1 aromatic heterocycles. The number of carbonyl (C=O) groups is 1. The van der Waals surface area contributed by atoms with Crippen LogP contribution in [0.5, 0.6) is 0 Å². The van der Waals surface area contributed by atoms with E-state index in [9.17, 15) is 4.79 Å². The molecule has 0 unspecified atom stereocenters. The van der Waals surface area contributed by atoms with Gasteiger partial charge in [-0.25, -0.2) is 9.78 Å². The van der Waals surface area contributed by atoms with Gasteiger partial charge in [0.15, 0.2) is 0 Å². The molecule has 0 bridgehead atoms. The normalized spacial score (nSPS) is 13.0. The summed E-state index contributed by atoms with van der Waals surface area (Å²) in [4.78, 5) is 18.5. The molecule has 0 spiro atoms. The largest absolute Gasteiger partial charge is 0.326 e. The molecule has 3 aromatic rings. The minimum absolute atomic E-state index is 0.0969. The summed E-state index contributed by atoms with van der Waals surface area (Å²) in [5.41, 5.74) is 5.19. The molecule has 0 saturated carbocycles. The van der Waals surface area contributed by atoms with E-state index in [2.05, 4.69) is 23.3 Å². The zero-order valence-corrected chi connectivity index (χ0v) is 13.4. The fraction of sp³-hybridized carbons (Fsp3) is 0.158. The summed E-state index contributed by atoms with van der Waals surface area (Å²) in [6.07, 6.45) is 6.24. The molecule has 1 aliphatic heterocycles. The van der Waals surface area contributed by atoms with Crippen molar-refractivity contribution in [1.82, 2.24) is 9.55 Å². The summed E-state index contributed by atoms with van der Waals surface area (Å²) in [7, 11) is 0. The molecule has 0 radical (unpaired) electrons. The molecule has 1 N–H and O–H groups in total. The molecule has 5 heteroatoms. The van der Waals surface area contributed by atoms with Crippen LogP contribution in [0.3, 0.4) is 0 Å². The van der Waals surface area contributed by atoms with Crippen molar-refractivity contribution in [2.45, 2.75) is 13.3 Å². The topological polar surface area (TPSA) is 50.2 Å². The molecule has 0 atom stereocenters. The lowest BCUT2D eigenvalue weighted by Crippen LogP contribution is -2.33. The van der Waals surface area contributed by atoms with Gasteiger partial charge in [-0.15, -0.1) is 0 Å². The lowest BCUT2D eigenvalue weighted by Gasteiger charge is -2.18. The maximum Gasteiger partial charge on any atom is 0.326 e. The van der Waals surface area contributed by atoms with Gasteiger partial charge in [-0.1, -0.05) is 23.8 Å². The summed E-state index contributed by atoms with van der Waals surface area (Å²) in [5, 5.41) is 2.99. The Labute approximate surface area is 140 Å². The highest BCUT2D eigenvalue weighted by Crippen LogP contribution is 2.29. The Kier molecular flexibility index (Phi) is 3.54. The zero-order valence-electron chi connectivity index (χ0n) is 13.4. The Morgan fingerprint density at radius 2 is 2.12 bits per heavy atom. The average Bonchev–Trinajstić information content (AvgIpc) is 3.24. The maximum absolute atomic E-state index is 12.7. The maximum atomic E-state index is 12.7. The van der Waals surface area contributed by atoms with Gasteiger partial charge in [0.25, 0.3) is 0 Å². The first-order valence-corrected chi connectivity index (χ1v) is 7.97. The van der Waals surface area contributed by atoms with Crippen molar-refractivity contribution in [3.05, 3.63) is 72.3 Å². The third-order valence-corrected chi connectivity index (χ3v) is 4.28. The minimum Gasteiger partial charge on any atom is -0.307 e. The molecule has 5 nitrogen and oxygen atoms in total. The van der Waals surface area contributed by atoms with Gasteiger partial charge in [0, 0.05) is 36.0 Å². The van der Waals surface area contributed by atoms with Crippen LogP contribution in [0.1, 0.15) is 11.1 Å². The van der Waals surface area contributed by atoms with Gasteiger partial charge in [-0.2, -0.15) is 0 Å². The van der Waals surface area contributed by atoms with Crippen molar-refractivity contribution in [1.29, 1.82) is 0 Å². The number of fused-ring (bicyclic) bond motifs is 1. The molecule has 2 amide bonds. The summed E-state index contributed by atoms with van der Waals surface area (Å²) in [5.74, 6) is 0. The van der Waals surface area contributed by atoms with E-state index in [0.29, 0.717) is 6.54 Å². The molecule has 0 aliphatic carbocycles. The lowest BCUT2D eigenvalue weighted by molar-refractivity contribution is 0.257. The molecule has 1 aliphatic rings. The summed E-state index contributed by atoms with van der Waals surface area (Å²) in [6, 6.07) is 13.9. The molecular formula is C19H18N4O. The molecule has 0 saturated heterocycles. The van der Waals surface area contributed by atoms with Gasteiger partial charge in [0.1, 0.15) is 0 Å². The third-order valence-electron chi connectivity index (χ3n) is 4.28. The molecular weight excluding hydrogens is 300 g/mol. The number of aryl methyl sites for hydroxylation is 1. The SMILES string of the molecule is Cc1ccc2c(c1)CCN2C(=O)Nc1cccc(-n2ccnc2)c1. The van der Waals surface area contributed by atoms with E-state index in [-0.39, 0.29) is 6.03 Å². The number of benzene rings is 2. The smallest absolute Gasteiger partial charge is 0.307 e. The zero-order chi connectivity index (χ0) is 16.5. The highest BCUT2D eigenvalue weighted by atomic mass is 16.2. The van der Waals surface area contributed by atoms with E-state index >= 15 is 0 Å². The number of nitrogens with zero attached hydrogens (tertiary/aromatic N) is 3. The first-order valence-electron chi connectivity index (χ1n) is 7.97. The number of rotatable bonds is 2. The number of anilines is 2. The molecule has 2 heterocycles. The summed E-state index contributed by atoms with van der Waals surface area (Å²) in [6.45, 7) is 2.79. The van der Waals surface area contributed by atoms with E-state index in [1.165, 1.54) is 11.1 Å². The quantitative estimate of drug-likeness (QED) is 0.782. The van der Waals surface area contributed by atoms with Gasteiger partial charge in [0.2, 0.25) is 0 Å². The number of hydrogen-bond donors (Lipinski definition) is 1. The van der Waals surface area contributed by atoms with Gasteiger partial charge in [-0.05, 0) is 43.2 Å². The van der Waals surface area contributed by atoms with Gasteiger partial charge in [-0.3, -0.25) is 4.90 Å². The minimum atomic E-state index is -0.0969. The first-order chi connectivity index (χ1) is 11.7. The van der Waals surface area contributed by atoms with Gasteiger partial charge >= 0.3 is 6.03 Å². The predicted molar refractivity (Wildman–Crippen MR) is 94.8 cm³/mol. The van der Waals surface area contributed by atoms with Crippen molar-refractivity contribution < 1.29 is 4.79 Å². The molecule has 2 aromatic carbocycles. The summed E-state index contributed by atoms with van der Waals surface area (Å²) >= 11 is 0. The van der Waals surface area contributed by atoms with E-state index in [1.807, 2.05) is 47.2 Å². The van der Waals surface area contributed by atoms with Crippen LogP contribution >= 0.6 is 0 Å². The van der Waals surface area contributed by atoms with Crippen LogP contribution in [-0.4, -0.2) is 22.1 Å². The highest BCUT2D eigenvalue weighted by molar-refractivity contribution is 6.03. The Balaban J connectivity index is 1.55. The van der Waals surface area contributed by atoms with Crippen molar-refractivity contribution in [3.63, 3.8) is 0 Å². The number of imidazole rings is 1. The molecule has 4 rings (SSSR count). The Morgan fingerprint density at radius 1 is 1.21 bits per heavy atom. The predicted octanol–water partition coefficient (Wildman–Crippen LogP) is 3.78. The van der Waals surface area contributed by atoms with Crippen LogP contribution in [0, 0.1) is 6.92 Å². The number of urea groups is 1. The Hall–Kier alpha value is -3.08. The second-order valence-corrected chi connectivity index (χ2v) is 5.98. The van der Waals surface area contributed by atoms with E-state index < -0.39 is 0 Å².